The van der Waals surface area contributed by atoms with Crippen LogP contribution in [0.1, 0.15) is 10.4 Å². The molecule has 0 bridgehead atoms. The Morgan fingerprint density at radius 1 is 1.11 bits per heavy atom. The van der Waals surface area contributed by atoms with E-state index in [1.807, 2.05) is 0 Å². The van der Waals surface area contributed by atoms with Gasteiger partial charge in [0.2, 0.25) is 0 Å². The number of carbonyl (C=O) groups is 1. The van der Waals surface area contributed by atoms with Gasteiger partial charge in [0.15, 0.2) is 11.6 Å². The van der Waals surface area contributed by atoms with Crippen LogP contribution in [-0.4, -0.2) is 13.0 Å². The Hall–Kier alpha value is -2.43. The second-order valence-electron chi connectivity index (χ2n) is 3.81. The fraction of sp³-hybridized carbons (Fsp3) is 0.0714. The van der Waals surface area contributed by atoms with Gasteiger partial charge >= 0.3 is 0 Å². The number of nitrogens with one attached hydrogen (secondary N) is 1. The first-order chi connectivity index (χ1) is 9.10. The summed E-state index contributed by atoms with van der Waals surface area (Å²) in [7, 11) is 1.51. The number of amides is 1. The second kappa shape index (κ2) is 5.48. The molecule has 0 fully saturated rings. The average molecular weight is 263 g/mol. The van der Waals surface area contributed by atoms with Crippen LogP contribution in [0.2, 0.25) is 0 Å². The number of benzene rings is 2. The van der Waals surface area contributed by atoms with Crippen molar-refractivity contribution in [2.75, 3.05) is 12.4 Å². The lowest BCUT2D eigenvalue weighted by Crippen LogP contribution is -2.12. The number of halogens is 2. The maximum Gasteiger partial charge on any atom is 0.255 e. The van der Waals surface area contributed by atoms with Gasteiger partial charge in [-0.05, 0) is 30.3 Å². The molecule has 0 heterocycles. The molecule has 0 spiro atoms. The minimum atomic E-state index is -1.06. The van der Waals surface area contributed by atoms with Crippen LogP contribution in [0.3, 0.4) is 0 Å². The Morgan fingerprint density at radius 3 is 2.58 bits per heavy atom. The van der Waals surface area contributed by atoms with Crippen LogP contribution >= 0.6 is 0 Å². The van der Waals surface area contributed by atoms with Crippen molar-refractivity contribution in [3.63, 3.8) is 0 Å². The summed E-state index contributed by atoms with van der Waals surface area (Å²) < 4.78 is 30.8. The Kier molecular flexibility index (Phi) is 3.75. The minimum Gasteiger partial charge on any atom is -0.497 e. The number of hydrogen-bond acceptors (Lipinski definition) is 2. The number of anilines is 1. The summed E-state index contributed by atoms with van der Waals surface area (Å²) in [6.07, 6.45) is 0. The third kappa shape index (κ3) is 3.07. The van der Waals surface area contributed by atoms with Crippen LogP contribution in [0, 0.1) is 11.6 Å². The number of carbonyl (C=O) groups excluding carboxylic acids is 1. The molecule has 19 heavy (non-hydrogen) atoms. The minimum absolute atomic E-state index is 0.0433. The Bertz CT molecular complexity index is 614. The zero-order valence-corrected chi connectivity index (χ0v) is 10.1. The number of rotatable bonds is 3. The summed E-state index contributed by atoms with van der Waals surface area (Å²) in [6, 6.07) is 9.71. The van der Waals surface area contributed by atoms with E-state index in [9.17, 15) is 13.6 Å². The SMILES string of the molecule is COc1cccc(NC(=O)c2ccc(F)c(F)c2)c1. The third-order valence-electron chi connectivity index (χ3n) is 2.51. The van der Waals surface area contributed by atoms with Crippen molar-refractivity contribution >= 4 is 11.6 Å². The molecule has 0 aliphatic rings. The highest BCUT2D eigenvalue weighted by molar-refractivity contribution is 6.04. The monoisotopic (exact) mass is 263 g/mol. The quantitative estimate of drug-likeness (QED) is 0.923. The maximum atomic E-state index is 13.0. The highest BCUT2D eigenvalue weighted by Gasteiger charge is 2.10. The van der Waals surface area contributed by atoms with Gasteiger partial charge < -0.3 is 10.1 Å². The van der Waals surface area contributed by atoms with E-state index in [1.165, 1.54) is 13.2 Å². The summed E-state index contributed by atoms with van der Waals surface area (Å²) in [5.74, 6) is -1.98. The van der Waals surface area contributed by atoms with Crippen LogP contribution in [0.25, 0.3) is 0 Å². The van der Waals surface area contributed by atoms with Crippen molar-refractivity contribution in [1.29, 1.82) is 0 Å². The fourth-order valence-corrected chi connectivity index (χ4v) is 1.54. The maximum absolute atomic E-state index is 13.0. The van der Waals surface area contributed by atoms with E-state index in [0.717, 1.165) is 12.1 Å². The molecular formula is C14H11F2NO2. The first-order valence-electron chi connectivity index (χ1n) is 5.50. The van der Waals surface area contributed by atoms with E-state index < -0.39 is 17.5 Å². The molecule has 5 heteroatoms. The van der Waals surface area contributed by atoms with Crippen molar-refractivity contribution in [3.05, 3.63) is 59.7 Å². The van der Waals surface area contributed by atoms with Crippen LogP contribution in [0.4, 0.5) is 14.5 Å². The van der Waals surface area contributed by atoms with Crippen molar-refractivity contribution in [3.8, 4) is 5.75 Å². The van der Waals surface area contributed by atoms with Crippen molar-refractivity contribution in [2.24, 2.45) is 0 Å². The van der Waals surface area contributed by atoms with Gasteiger partial charge in [-0.2, -0.15) is 0 Å². The number of ether oxygens (including phenoxy) is 1. The van der Waals surface area contributed by atoms with E-state index >= 15 is 0 Å². The van der Waals surface area contributed by atoms with E-state index in [1.54, 1.807) is 24.3 Å². The zero-order chi connectivity index (χ0) is 13.8. The van der Waals surface area contributed by atoms with Gasteiger partial charge in [-0.25, -0.2) is 8.78 Å². The highest BCUT2D eigenvalue weighted by atomic mass is 19.2. The van der Waals surface area contributed by atoms with E-state index in [2.05, 4.69) is 5.32 Å². The molecule has 1 amide bonds. The molecule has 0 saturated heterocycles. The van der Waals surface area contributed by atoms with Gasteiger partial charge in [0.25, 0.3) is 5.91 Å². The molecule has 0 aliphatic heterocycles. The molecular weight excluding hydrogens is 252 g/mol. The molecule has 0 saturated carbocycles. The largest absolute Gasteiger partial charge is 0.497 e. The van der Waals surface area contributed by atoms with Gasteiger partial charge in [-0.15, -0.1) is 0 Å². The number of methoxy groups -OCH3 is 1. The van der Waals surface area contributed by atoms with Gasteiger partial charge in [-0.3, -0.25) is 4.79 Å². The molecule has 2 aromatic carbocycles. The average Bonchev–Trinajstić information content (AvgIpc) is 2.42. The van der Waals surface area contributed by atoms with Crippen LogP contribution in [0.5, 0.6) is 5.75 Å². The molecule has 3 nitrogen and oxygen atoms in total. The van der Waals surface area contributed by atoms with Gasteiger partial charge in [0.05, 0.1) is 7.11 Å². The third-order valence-corrected chi connectivity index (χ3v) is 2.51. The van der Waals surface area contributed by atoms with Crippen LogP contribution in [-0.2, 0) is 0 Å². The predicted molar refractivity (Wildman–Crippen MR) is 67.3 cm³/mol. The van der Waals surface area contributed by atoms with Crippen LogP contribution in [0.15, 0.2) is 42.5 Å². The molecule has 0 radical (unpaired) electrons. The smallest absolute Gasteiger partial charge is 0.255 e. The molecule has 0 unspecified atom stereocenters. The van der Waals surface area contributed by atoms with Gasteiger partial charge in [0, 0.05) is 17.3 Å². The molecule has 2 rings (SSSR count). The Balaban J connectivity index is 2.18. The molecule has 98 valence electrons. The van der Waals surface area contributed by atoms with E-state index in [4.69, 9.17) is 4.74 Å². The highest BCUT2D eigenvalue weighted by Crippen LogP contribution is 2.18. The lowest BCUT2D eigenvalue weighted by Gasteiger charge is -2.07. The molecule has 0 atom stereocenters. The van der Waals surface area contributed by atoms with Crippen LogP contribution < -0.4 is 10.1 Å². The summed E-state index contributed by atoms with van der Waals surface area (Å²) >= 11 is 0. The fourth-order valence-electron chi connectivity index (χ4n) is 1.54. The van der Waals surface area contributed by atoms with Gasteiger partial charge in [-0.1, -0.05) is 6.07 Å². The first-order valence-corrected chi connectivity index (χ1v) is 5.50. The van der Waals surface area contributed by atoms with E-state index in [-0.39, 0.29) is 5.56 Å². The van der Waals surface area contributed by atoms with Gasteiger partial charge in [0.1, 0.15) is 5.75 Å². The zero-order valence-electron chi connectivity index (χ0n) is 10.1. The molecule has 0 aliphatic carbocycles. The molecule has 0 aromatic heterocycles. The van der Waals surface area contributed by atoms with Crippen molar-refractivity contribution in [2.45, 2.75) is 0 Å². The Morgan fingerprint density at radius 2 is 1.89 bits per heavy atom. The summed E-state index contributed by atoms with van der Waals surface area (Å²) in [5, 5.41) is 2.57. The predicted octanol–water partition coefficient (Wildman–Crippen LogP) is 3.23. The standard InChI is InChI=1S/C14H11F2NO2/c1-19-11-4-2-3-10(8-11)17-14(18)9-5-6-12(15)13(16)7-9/h2-8H,1H3,(H,17,18). The Labute approximate surface area is 108 Å². The topological polar surface area (TPSA) is 38.3 Å². The summed E-state index contributed by atoms with van der Waals surface area (Å²) in [4.78, 5) is 11.8. The van der Waals surface area contributed by atoms with Crippen molar-refractivity contribution < 1.29 is 18.3 Å². The lowest BCUT2D eigenvalue weighted by molar-refractivity contribution is 0.102. The van der Waals surface area contributed by atoms with Crippen molar-refractivity contribution in [1.82, 2.24) is 0 Å². The molecule has 1 N–H and O–H groups in total. The number of hydrogen-bond donors (Lipinski definition) is 1. The summed E-state index contributed by atoms with van der Waals surface area (Å²) in [5.41, 5.74) is 0.552. The molecule has 2 aromatic rings. The lowest BCUT2D eigenvalue weighted by atomic mass is 10.2. The normalized spacial score (nSPS) is 10.1. The second-order valence-corrected chi connectivity index (χ2v) is 3.81. The summed E-state index contributed by atoms with van der Waals surface area (Å²) in [6.45, 7) is 0. The first kappa shape index (κ1) is 13.0. The van der Waals surface area contributed by atoms with E-state index in [0.29, 0.717) is 11.4 Å².